The topological polar surface area (TPSA) is 133 Å². The van der Waals surface area contributed by atoms with Crippen molar-refractivity contribution < 1.29 is 29.7 Å². The van der Waals surface area contributed by atoms with Crippen LogP contribution in [-0.4, -0.2) is 31.8 Å². The van der Waals surface area contributed by atoms with Gasteiger partial charge in [0.05, 0.1) is 10.0 Å². The van der Waals surface area contributed by atoms with Crippen molar-refractivity contribution in [3.63, 3.8) is 0 Å². The molecule has 32 heavy (non-hydrogen) atoms. The van der Waals surface area contributed by atoms with Gasteiger partial charge in [0.2, 0.25) is 0 Å². The van der Waals surface area contributed by atoms with Crippen molar-refractivity contribution in [2.24, 2.45) is 7.05 Å². The van der Waals surface area contributed by atoms with E-state index >= 15 is 0 Å². The van der Waals surface area contributed by atoms with Crippen LogP contribution in [0.25, 0.3) is 0 Å². The first-order valence-corrected chi connectivity index (χ1v) is 9.96. The minimum Gasteiger partial charge on any atom is -0.504 e. The van der Waals surface area contributed by atoms with Crippen LogP contribution in [0.4, 0.5) is 0 Å². The Morgan fingerprint density at radius 2 is 1.72 bits per heavy atom. The van der Waals surface area contributed by atoms with Gasteiger partial charge in [-0.25, -0.2) is 5.48 Å². The van der Waals surface area contributed by atoms with Crippen molar-refractivity contribution in [3.8, 4) is 17.2 Å². The maximum absolute atomic E-state index is 12.9. The highest BCUT2D eigenvalue weighted by molar-refractivity contribution is 6.42. The lowest BCUT2D eigenvalue weighted by atomic mass is 10.2. The molecular formula is C21H19Cl2N3O6. The summed E-state index contributed by atoms with van der Waals surface area (Å²) in [6.07, 6.45) is 1.34. The summed E-state index contributed by atoms with van der Waals surface area (Å²) in [4.78, 5) is 25.0. The van der Waals surface area contributed by atoms with Crippen molar-refractivity contribution >= 4 is 35.0 Å². The molecule has 1 heterocycles. The Balaban J connectivity index is 1.85. The van der Waals surface area contributed by atoms with Gasteiger partial charge in [-0.3, -0.25) is 14.8 Å². The molecule has 0 unspecified atom stereocenters. The number of carbonyl (C=O) groups is 2. The molecular weight excluding hydrogens is 461 g/mol. The molecule has 5 N–H and O–H groups in total. The van der Waals surface area contributed by atoms with Crippen LogP contribution in [0, 0.1) is 0 Å². The van der Waals surface area contributed by atoms with Crippen molar-refractivity contribution in [1.82, 2.24) is 15.4 Å². The second-order valence-corrected chi connectivity index (χ2v) is 7.63. The number of hydrogen-bond acceptors (Lipinski definition) is 6. The molecule has 0 saturated heterocycles. The molecule has 0 fully saturated rings. The summed E-state index contributed by atoms with van der Waals surface area (Å²) in [6, 6.07) is 9.01. The summed E-state index contributed by atoms with van der Waals surface area (Å²) >= 11 is 11.9. The molecule has 0 radical (unpaired) electrons. The normalized spacial score (nSPS) is 10.6. The number of hydrogen-bond donors (Lipinski definition) is 5. The first-order valence-electron chi connectivity index (χ1n) is 9.20. The van der Waals surface area contributed by atoms with Crippen molar-refractivity contribution in [2.75, 3.05) is 0 Å². The summed E-state index contributed by atoms with van der Waals surface area (Å²) in [5, 5.41) is 31.4. The fourth-order valence-electron chi connectivity index (χ4n) is 2.97. The zero-order chi connectivity index (χ0) is 23.4. The molecule has 2 aromatic carbocycles. The van der Waals surface area contributed by atoms with Gasteiger partial charge in [0.1, 0.15) is 17.9 Å². The number of phenolic OH excluding ortho intramolecular Hbond substituents is 2. The summed E-state index contributed by atoms with van der Waals surface area (Å²) in [5.41, 5.74) is 2.69. The van der Waals surface area contributed by atoms with Crippen LogP contribution < -0.4 is 15.5 Å². The lowest BCUT2D eigenvalue weighted by Gasteiger charge is -2.12. The molecule has 168 valence electrons. The number of nitrogens with one attached hydrogen (secondary N) is 2. The minimum atomic E-state index is -0.854. The predicted molar refractivity (Wildman–Crippen MR) is 116 cm³/mol. The molecule has 0 aliphatic rings. The Bertz CT molecular complexity index is 1180. The number of ether oxygens (including phenoxy) is 1. The lowest BCUT2D eigenvalue weighted by Crippen LogP contribution is -2.25. The fourth-order valence-corrected chi connectivity index (χ4v) is 3.29. The number of aromatic hydroxyl groups is 2. The lowest BCUT2D eigenvalue weighted by molar-refractivity contribution is 0.0702. The van der Waals surface area contributed by atoms with E-state index in [-0.39, 0.29) is 41.7 Å². The minimum absolute atomic E-state index is 0.0290. The van der Waals surface area contributed by atoms with Gasteiger partial charge in [-0.15, -0.1) is 0 Å². The molecule has 1 aromatic heterocycles. The summed E-state index contributed by atoms with van der Waals surface area (Å²) < 4.78 is 7.16. The van der Waals surface area contributed by atoms with E-state index in [4.69, 9.17) is 33.1 Å². The quantitative estimate of drug-likeness (QED) is 0.200. The summed E-state index contributed by atoms with van der Waals surface area (Å²) in [7, 11) is 1.54. The largest absolute Gasteiger partial charge is 0.504 e. The number of halogens is 2. The van der Waals surface area contributed by atoms with Gasteiger partial charge < -0.3 is 24.8 Å². The monoisotopic (exact) mass is 479 g/mol. The highest BCUT2D eigenvalue weighted by atomic mass is 35.5. The molecule has 0 bridgehead atoms. The zero-order valence-corrected chi connectivity index (χ0v) is 18.2. The second kappa shape index (κ2) is 9.82. The number of benzene rings is 2. The van der Waals surface area contributed by atoms with Gasteiger partial charge in [0.15, 0.2) is 17.2 Å². The number of aryl methyl sites for hydroxylation is 1. The van der Waals surface area contributed by atoms with Crippen LogP contribution in [0.1, 0.15) is 32.0 Å². The van der Waals surface area contributed by atoms with Crippen LogP contribution in [0.2, 0.25) is 10.0 Å². The third-order valence-corrected chi connectivity index (χ3v) is 5.30. The molecule has 3 rings (SSSR count). The van der Waals surface area contributed by atoms with Crippen molar-refractivity contribution in [2.45, 2.75) is 13.2 Å². The van der Waals surface area contributed by atoms with E-state index in [1.54, 1.807) is 25.2 Å². The molecule has 0 atom stereocenters. The number of hydroxylamine groups is 1. The van der Waals surface area contributed by atoms with Crippen molar-refractivity contribution in [1.29, 1.82) is 0 Å². The first-order chi connectivity index (χ1) is 15.2. The Kier molecular flexibility index (Phi) is 7.14. The standard InChI is InChI=1S/C21H19Cl2N3O6/c1-26-9-13(20(29)25-31)19(32-10-12-2-4-14(22)15(23)6-12)18(26)21(30)24-8-11-3-5-16(27)17(28)7-11/h2-7,9,27-28,31H,8,10H2,1H3,(H,24,30)(H,25,29). The number of aromatic nitrogens is 1. The van der Waals surface area contributed by atoms with E-state index in [2.05, 4.69) is 5.32 Å². The van der Waals surface area contributed by atoms with Gasteiger partial charge in [-0.1, -0.05) is 35.3 Å². The zero-order valence-electron chi connectivity index (χ0n) is 16.7. The molecule has 2 amide bonds. The Labute approximate surface area is 192 Å². The molecule has 0 aliphatic heterocycles. The van der Waals surface area contributed by atoms with E-state index in [0.717, 1.165) is 0 Å². The van der Waals surface area contributed by atoms with E-state index in [9.17, 15) is 19.8 Å². The smallest absolute Gasteiger partial charge is 0.279 e. The van der Waals surface area contributed by atoms with Gasteiger partial charge in [0, 0.05) is 19.8 Å². The van der Waals surface area contributed by atoms with E-state index in [1.807, 2.05) is 0 Å². The number of amides is 2. The maximum Gasteiger partial charge on any atom is 0.279 e. The highest BCUT2D eigenvalue weighted by Gasteiger charge is 2.26. The Morgan fingerprint density at radius 3 is 2.38 bits per heavy atom. The average molecular weight is 480 g/mol. The SMILES string of the molecule is Cn1cc(C(=O)NO)c(OCc2ccc(Cl)c(Cl)c2)c1C(=O)NCc1ccc(O)c(O)c1. The third kappa shape index (κ3) is 5.08. The maximum atomic E-state index is 12.9. The first kappa shape index (κ1) is 23.3. The van der Waals surface area contributed by atoms with Crippen LogP contribution in [-0.2, 0) is 20.2 Å². The van der Waals surface area contributed by atoms with Gasteiger partial charge in [0.25, 0.3) is 11.8 Å². The van der Waals surface area contributed by atoms with Crippen molar-refractivity contribution in [3.05, 3.63) is 75.0 Å². The van der Waals surface area contributed by atoms with Crippen LogP contribution in [0.5, 0.6) is 17.2 Å². The van der Waals surface area contributed by atoms with Crippen LogP contribution in [0.3, 0.4) is 0 Å². The van der Waals surface area contributed by atoms with Gasteiger partial charge >= 0.3 is 0 Å². The fraction of sp³-hybridized carbons (Fsp3) is 0.143. The highest BCUT2D eigenvalue weighted by Crippen LogP contribution is 2.29. The Hall–Kier alpha value is -3.40. The van der Waals surface area contributed by atoms with Crippen LogP contribution >= 0.6 is 23.2 Å². The third-order valence-electron chi connectivity index (χ3n) is 4.56. The molecule has 11 heteroatoms. The second-order valence-electron chi connectivity index (χ2n) is 6.82. The van der Waals surface area contributed by atoms with E-state index in [1.165, 1.54) is 34.4 Å². The molecule has 3 aromatic rings. The molecule has 9 nitrogen and oxygen atoms in total. The van der Waals surface area contributed by atoms with E-state index < -0.39 is 11.8 Å². The number of rotatable bonds is 7. The predicted octanol–water partition coefficient (Wildman–Crippen LogP) is 3.37. The Morgan fingerprint density at radius 1 is 1.00 bits per heavy atom. The summed E-state index contributed by atoms with van der Waals surface area (Å²) in [5.74, 6) is -2.06. The molecule has 0 spiro atoms. The summed E-state index contributed by atoms with van der Waals surface area (Å²) in [6.45, 7) is 0.00431. The molecule has 0 aliphatic carbocycles. The number of nitrogens with zero attached hydrogens (tertiary/aromatic N) is 1. The molecule has 0 saturated carbocycles. The van der Waals surface area contributed by atoms with Gasteiger partial charge in [-0.05, 0) is 35.4 Å². The van der Waals surface area contributed by atoms with E-state index in [0.29, 0.717) is 21.2 Å². The number of phenols is 2. The number of carbonyl (C=O) groups excluding carboxylic acids is 2. The van der Waals surface area contributed by atoms with Crippen LogP contribution in [0.15, 0.2) is 42.6 Å². The van der Waals surface area contributed by atoms with Gasteiger partial charge in [-0.2, -0.15) is 0 Å². The average Bonchev–Trinajstić information content (AvgIpc) is 3.10.